The first-order valence-electron chi connectivity index (χ1n) is 7.15. The van der Waals surface area contributed by atoms with Crippen molar-refractivity contribution in [1.82, 2.24) is 4.90 Å². The van der Waals surface area contributed by atoms with Gasteiger partial charge in [-0.25, -0.2) is 0 Å². The first kappa shape index (κ1) is 17.7. The summed E-state index contributed by atoms with van der Waals surface area (Å²) in [5, 5.41) is 0. The number of anilines is 1. The summed E-state index contributed by atoms with van der Waals surface area (Å²) in [5.74, 6) is -0.182. The number of unbranched alkanes of at least 4 members (excludes halogenated alkanes) is 1. The van der Waals surface area contributed by atoms with E-state index in [4.69, 9.17) is 0 Å². The van der Waals surface area contributed by atoms with E-state index < -0.39 is 0 Å². The zero-order chi connectivity index (χ0) is 16.0. The van der Waals surface area contributed by atoms with Crippen LogP contribution in [-0.4, -0.2) is 36.9 Å². The second-order valence-electron chi connectivity index (χ2n) is 5.21. The maximum Gasteiger partial charge on any atom is 0.242 e. The van der Waals surface area contributed by atoms with E-state index in [1.165, 1.54) is 11.8 Å². The Morgan fingerprint density at radius 3 is 2.48 bits per heavy atom. The van der Waals surface area contributed by atoms with Crippen molar-refractivity contribution < 1.29 is 9.59 Å². The highest BCUT2D eigenvalue weighted by Crippen LogP contribution is 2.23. The molecule has 0 spiro atoms. The number of likely N-dealkylation sites (N-methyl/N-ethyl adjacent to an activating group) is 1. The molecule has 116 valence electrons. The van der Waals surface area contributed by atoms with Crippen LogP contribution in [0.5, 0.6) is 0 Å². The van der Waals surface area contributed by atoms with Gasteiger partial charge in [-0.2, -0.15) is 0 Å². The van der Waals surface area contributed by atoms with E-state index in [2.05, 4.69) is 22.9 Å². The molecule has 21 heavy (non-hydrogen) atoms. The quantitative estimate of drug-likeness (QED) is 0.785. The third-order valence-corrected chi connectivity index (χ3v) is 4.27. The van der Waals surface area contributed by atoms with E-state index in [9.17, 15) is 9.59 Å². The van der Waals surface area contributed by atoms with Crippen LogP contribution in [0.25, 0.3) is 0 Å². The van der Waals surface area contributed by atoms with Gasteiger partial charge in [-0.3, -0.25) is 9.59 Å². The lowest BCUT2D eigenvalue weighted by molar-refractivity contribution is -0.130. The molecule has 0 aliphatic heterocycles. The van der Waals surface area contributed by atoms with E-state index >= 15 is 0 Å². The molecule has 0 N–H and O–H groups in total. The Labute approximate surface area is 135 Å². The second kappa shape index (κ2) is 8.17. The molecular weight excluding hydrogens is 332 g/mol. The largest absolute Gasteiger partial charge is 0.344 e. The van der Waals surface area contributed by atoms with Gasteiger partial charge in [-0.1, -0.05) is 35.3 Å². The van der Waals surface area contributed by atoms with Crippen molar-refractivity contribution >= 4 is 33.4 Å². The van der Waals surface area contributed by atoms with E-state index in [1.54, 1.807) is 11.9 Å². The lowest BCUT2D eigenvalue weighted by Crippen LogP contribution is -2.41. The average molecular weight is 355 g/mol. The Morgan fingerprint density at radius 1 is 1.29 bits per heavy atom. The number of halogens is 1. The number of benzene rings is 1. The molecule has 1 aromatic rings. The summed E-state index contributed by atoms with van der Waals surface area (Å²) in [5.41, 5.74) is 1.82. The number of aryl methyl sites for hydroxylation is 1. The van der Waals surface area contributed by atoms with Crippen LogP contribution in [0.1, 0.15) is 32.3 Å². The summed E-state index contributed by atoms with van der Waals surface area (Å²) in [4.78, 5) is 27.3. The molecule has 0 saturated carbocycles. The predicted molar refractivity (Wildman–Crippen MR) is 89.5 cm³/mol. The lowest BCUT2D eigenvalue weighted by Gasteiger charge is -2.24. The molecule has 0 aromatic heterocycles. The van der Waals surface area contributed by atoms with Gasteiger partial charge in [0.2, 0.25) is 11.8 Å². The van der Waals surface area contributed by atoms with Gasteiger partial charge < -0.3 is 9.80 Å². The van der Waals surface area contributed by atoms with Crippen molar-refractivity contribution in [2.24, 2.45) is 0 Å². The summed E-state index contributed by atoms with van der Waals surface area (Å²) in [6, 6.07) is 5.66. The smallest absolute Gasteiger partial charge is 0.242 e. The third kappa shape index (κ3) is 5.16. The Bertz CT molecular complexity index is 517. The molecule has 0 bridgehead atoms. The molecule has 1 rings (SSSR count). The molecule has 0 atom stereocenters. The van der Waals surface area contributed by atoms with Crippen LogP contribution in [0.15, 0.2) is 22.7 Å². The van der Waals surface area contributed by atoms with Gasteiger partial charge in [0.25, 0.3) is 0 Å². The number of nitrogens with zero attached hydrogens (tertiary/aromatic N) is 2. The van der Waals surface area contributed by atoms with Crippen molar-refractivity contribution in [3.8, 4) is 0 Å². The zero-order valence-corrected chi connectivity index (χ0v) is 14.7. The number of carbonyl (C=O) groups is 2. The first-order chi connectivity index (χ1) is 9.86. The fraction of sp³-hybridized carbons (Fsp3) is 0.500. The minimum Gasteiger partial charge on any atom is -0.344 e. The number of carbonyl (C=O) groups excluding carboxylic acids is 2. The fourth-order valence-electron chi connectivity index (χ4n) is 1.91. The van der Waals surface area contributed by atoms with Crippen molar-refractivity contribution in [1.29, 1.82) is 0 Å². The van der Waals surface area contributed by atoms with E-state index in [1.807, 2.05) is 25.1 Å². The van der Waals surface area contributed by atoms with Crippen molar-refractivity contribution in [2.75, 3.05) is 25.0 Å². The first-order valence-corrected chi connectivity index (χ1v) is 7.94. The number of rotatable bonds is 6. The van der Waals surface area contributed by atoms with Gasteiger partial charge >= 0.3 is 0 Å². The molecule has 0 aliphatic carbocycles. The maximum absolute atomic E-state index is 12.2. The van der Waals surface area contributed by atoms with E-state index in [0.29, 0.717) is 0 Å². The third-order valence-electron chi connectivity index (χ3n) is 3.41. The number of amides is 2. The molecule has 1 aromatic carbocycles. The van der Waals surface area contributed by atoms with Gasteiger partial charge in [-0.05, 0) is 31.0 Å². The molecule has 0 unspecified atom stereocenters. The minimum absolute atomic E-state index is 0.0460. The summed E-state index contributed by atoms with van der Waals surface area (Å²) < 4.78 is 0.929. The molecule has 0 heterocycles. The molecule has 0 fully saturated rings. The fourth-order valence-corrected chi connectivity index (χ4v) is 2.28. The number of hydrogen-bond acceptors (Lipinski definition) is 2. The van der Waals surface area contributed by atoms with Gasteiger partial charge in [-0.15, -0.1) is 0 Å². The molecule has 4 nitrogen and oxygen atoms in total. The molecule has 0 aliphatic rings. The average Bonchev–Trinajstić information content (AvgIpc) is 2.44. The van der Waals surface area contributed by atoms with Crippen LogP contribution in [0.3, 0.4) is 0 Å². The Balaban J connectivity index is 2.85. The van der Waals surface area contributed by atoms with Crippen LogP contribution in [0.4, 0.5) is 5.69 Å². The van der Waals surface area contributed by atoms with Crippen molar-refractivity contribution in [3.63, 3.8) is 0 Å². The van der Waals surface area contributed by atoms with Crippen LogP contribution < -0.4 is 4.90 Å². The number of hydrogen-bond donors (Lipinski definition) is 0. The van der Waals surface area contributed by atoms with Gasteiger partial charge in [0.1, 0.15) is 6.54 Å². The molecule has 0 radical (unpaired) electrons. The summed E-state index contributed by atoms with van der Waals surface area (Å²) in [7, 11) is 1.78. The van der Waals surface area contributed by atoms with Crippen LogP contribution in [-0.2, 0) is 9.59 Å². The van der Waals surface area contributed by atoms with Gasteiger partial charge in [0.15, 0.2) is 0 Å². The van der Waals surface area contributed by atoms with Crippen LogP contribution in [0, 0.1) is 6.92 Å². The van der Waals surface area contributed by atoms with Crippen molar-refractivity contribution in [2.45, 2.75) is 33.6 Å². The Morgan fingerprint density at radius 2 is 1.95 bits per heavy atom. The van der Waals surface area contributed by atoms with Crippen molar-refractivity contribution in [3.05, 3.63) is 28.2 Å². The van der Waals surface area contributed by atoms with E-state index in [-0.39, 0.29) is 18.4 Å². The van der Waals surface area contributed by atoms with Gasteiger partial charge in [0.05, 0.1) is 0 Å². The predicted octanol–water partition coefficient (Wildman–Crippen LogP) is 3.37. The Kier molecular flexibility index (Phi) is 6.89. The monoisotopic (exact) mass is 354 g/mol. The Hall–Kier alpha value is -1.36. The van der Waals surface area contributed by atoms with E-state index in [0.717, 1.165) is 35.1 Å². The maximum atomic E-state index is 12.2. The lowest BCUT2D eigenvalue weighted by atomic mass is 10.2. The normalized spacial score (nSPS) is 10.3. The molecule has 0 saturated heterocycles. The zero-order valence-electron chi connectivity index (χ0n) is 13.1. The topological polar surface area (TPSA) is 40.6 Å². The highest BCUT2D eigenvalue weighted by atomic mass is 79.9. The highest BCUT2D eigenvalue weighted by molar-refractivity contribution is 9.10. The standard InChI is InChI=1S/C16H23BrN2O2/c1-5-6-9-18(4)16(21)11-19(13(3)20)14-8-7-12(2)15(17)10-14/h7-8,10H,5-6,9,11H2,1-4H3. The van der Waals surface area contributed by atoms with Gasteiger partial charge in [0, 0.05) is 30.7 Å². The summed E-state index contributed by atoms with van der Waals surface area (Å²) in [6.45, 7) is 6.34. The highest BCUT2D eigenvalue weighted by Gasteiger charge is 2.18. The molecule has 5 heteroatoms. The molecule has 2 amide bonds. The summed E-state index contributed by atoms with van der Waals surface area (Å²) in [6.07, 6.45) is 2.01. The SMILES string of the molecule is CCCCN(C)C(=O)CN(C(C)=O)c1ccc(C)c(Br)c1. The minimum atomic E-state index is -0.136. The molecular formula is C16H23BrN2O2. The van der Waals surface area contributed by atoms with Crippen LogP contribution >= 0.6 is 15.9 Å². The summed E-state index contributed by atoms with van der Waals surface area (Å²) >= 11 is 3.46. The van der Waals surface area contributed by atoms with Crippen LogP contribution in [0.2, 0.25) is 0 Å². The second-order valence-corrected chi connectivity index (χ2v) is 6.06.